The average Bonchev–Trinajstić information content (AvgIpc) is 3.00. The third-order valence-electron chi connectivity index (χ3n) is 3.32. The van der Waals surface area contributed by atoms with Gasteiger partial charge < -0.3 is 15.2 Å². The summed E-state index contributed by atoms with van der Waals surface area (Å²) in [5.41, 5.74) is -0.164. The van der Waals surface area contributed by atoms with E-state index in [0.29, 0.717) is 0 Å². The van der Waals surface area contributed by atoms with Crippen molar-refractivity contribution in [3.05, 3.63) is 52.2 Å². The molecule has 23 heavy (non-hydrogen) atoms. The molecule has 124 valence electrons. The first-order valence-electron chi connectivity index (χ1n) is 7.65. The predicted molar refractivity (Wildman–Crippen MR) is 92.8 cm³/mol. The van der Waals surface area contributed by atoms with Gasteiger partial charge in [0.1, 0.15) is 11.4 Å². The third kappa shape index (κ3) is 5.37. The number of carbonyl (C=O) groups excluding carboxylic acids is 1. The van der Waals surface area contributed by atoms with Crippen molar-refractivity contribution < 1.29 is 14.6 Å². The fourth-order valence-electron chi connectivity index (χ4n) is 2.19. The largest absolute Gasteiger partial charge is 0.491 e. The zero-order valence-electron chi connectivity index (χ0n) is 13.7. The van der Waals surface area contributed by atoms with Crippen molar-refractivity contribution >= 4 is 17.2 Å². The Balaban J connectivity index is 1.90. The minimum atomic E-state index is -1.05. The molecule has 0 saturated heterocycles. The van der Waals surface area contributed by atoms with E-state index in [4.69, 9.17) is 4.74 Å². The molecule has 2 N–H and O–H groups in total. The van der Waals surface area contributed by atoms with Gasteiger partial charge >= 0.3 is 0 Å². The Morgan fingerprint density at radius 3 is 2.78 bits per heavy atom. The smallest absolute Gasteiger partial charge is 0.224 e. The molecule has 0 aliphatic carbocycles. The Morgan fingerprint density at radius 1 is 1.35 bits per heavy atom. The number of ether oxygens (including phenoxy) is 1. The molecular formula is C18H23NO3S. The normalized spacial score (nSPS) is 13.6. The molecule has 5 heteroatoms. The summed E-state index contributed by atoms with van der Waals surface area (Å²) in [7, 11) is 0. The fraction of sp³-hybridized carbons (Fsp3) is 0.389. The van der Waals surface area contributed by atoms with Gasteiger partial charge in [0.25, 0.3) is 0 Å². The van der Waals surface area contributed by atoms with Crippen LogP contribution in [0.1, 0.15) is 31.2 Å². The Labute approximate surface area is 141 Å². The van der Waals surface area contributed by atoms with E-state index in [-0.39, 0.29) is 25.0 Å². The van der Waals surface area contributed by atoms with E-state index in [1.54, 1.807) is 6.92 Å². The van der Waals surface area contributed by atoms with Gasteiger partial charge in [-0.25, -0.2) is 0 Å². The molecular weight excluding hydrogens is 310 g/mol. The quantitative estimate of drug-likeness (QED) is 0.818. The van der Waals surface area contributed by atoms with Crippen LogP contribution in [-0.2, 0) is 16.8 Å². The first-order valence-corrected chi connectivity index (χ1v) is 8.53. The summed E-state index contributed by atoms with van der Waals surface area (Å²) in [5.74, 6) is 0.638. The van der Waals surface area contributed by atoms with Gasteiger partial charge in [-0.2, -0.15) is 0 Å². The van der Waals surface area contributed by atoms with Gasteiger partial charge in [-0.15, -0.1) is 11.3 Å². The van der Waals surface area contributed by atoms with Crippen LogP contribution in [0.15, 0.2) is 41.8 Å². The number of aliphatic hydroxyl groups is 1. The summed E-state index contributed by atoms with van der Waals surface area (Å²) in [6, 6.07) is 11.3. The fourth-order valence-corrected chi connectivity index (χ4v) is 2.98. The molecule has 0 bridgehead atoms. The van der Waals surface area contributed by atoms with Crippen LogP contribution in [0, 0.1) is 0 Å². The second-order valence-corrected chi connectivity index (χ2v) is 6.97. The standard InChI is InChI=1S/C18H23NO3S/c1-13(2)22-15-7-4-6-14(10-15)11-17(20)19-12-18(3,21)16-8-5-9-23-16/h4-10,13,21H,11-12H2,1-3H3,(H,19,20). The molecule has 1 heterocycles. The molecule has 0 saturated carbocycles. The van der Waals surface area contributed by atoms with Crippen molar-refractivity contribution in [2.45, 2.75) is 38.9 Å². The molecule has 1 aromatic carbocycles. The van der Waals surface area contributed by atoms with Crippen LogP contribution < -0.4 is 10.1 Å². The van der Waals surface area contributed by atoms with Crippen LogP contribution in [-0.4, -0.2) is 23.7 Å². The van der Waals surface area contributed by atoms with E-state index in [2.05, 4.69) is 5.32 Å². The Morgan fingerprint density at radius 2 is 2.13 bits per heavy atom. The second kappa shape index (κ2) is 7.62. The van der Waals surface area contributed by atoms with E-state index < -0.39 is 5.60 Å². The summed E-state index contributed by atoms with van der Waals surface area (Å²) >= 11 is 1.48. The summed E-state index contributed by atoms with van der Waals surface area (Å²) in [4.78, 5) is 12.9. The molecule has 1 atom stereocenters. The van der Waals surface area contributed by atoms with Crippen molar-refractivity contribution in [2.75, 3.05) is 6.54 Å². The lowest BCUT2D eigenvalue weighted by molar-refractivity contribution is -0.121. The molecule has 0 spiro atoms. The Kier molecular flexibility index (Phi) is 5.80. The Bertz CT molecular complexity index is 635. The van der Waals surface area contributed by atoms with Crippen molar-refractivity contribution in [1.29, 1.82) is 0 Å². The van der Waals surface area contributed by atoms with Gasteiger partial charge in [-0.3, -0.25) is 4.79 Å². The number of hydrogen-bond donors (Lipinski definition) is 2. The first-order chi connectivity index (χ1) is 10.9. The van der Waals surface area contributed by atoms with Crippen LogP contribution in [0.3, 0.4) is 0 Å². The number of benzene rings is 1. The molecule has 2 rings (SSSR count). The maximum Gasteiger partial charge on any atom is 0.224 e. The molecule has 0 aliphatic heterocycles. The van der Waals surface area contributed by atoms with E-state index in [1.807, 2.05) is 55.6 Å². The van der Waals surface area contributed by atoms with Crippen LogP contribution in [0.2, 0.25) is 0 Å². The third-order valence-corrected chi connectivity index (χ3v) is 4.44. The van der Waals surface area contributed by atoms with Gasteiger partial charge in [-0.1, -0.05) is 18.2 Å². The SMILES string of the molecule is CC(C)Oc1cccc(CC(=O)NCC(C)(O)c2cccs2)c1. The predicted octanol–water partition coefficient (Wildman–Crippen LogP) is 3.10. The van der Waals surface area contributed by atoms with E-state index in [9.17, 15) is 9.90 Å². The molecule has 1 unspecified atom stereocenters. The molecule has 0 radical (unpaired) electrons. The molecule has 1 aromatic heterocycles. The zero-order chi connectivity index (χ0) is 16.9. The number of rotatable bonds is 7. The molecule has 4 nitrogen and oxygen atoms in total. The monoisotopic (exact) mass is 333 g/mol. The van der Waals surface area contributed by atoms with Crippen molar-refractivity contribution in [2.24, 2.45) is 0 Å². The van der Waals surface area contributed by atoms with Crippen molar-refractivity contribution in [3.8, 4) is 5.75 Å². The van der Waals surface area contributed by atoms with E-state index in [1.165, 1.54) is 11.3 Å². The minimum Gasteiger partial charge on any atom is -0.491 e. The van der Waals surface area contributed by atoms with Crippen molar-refractivity contribution in [3.63, 3.8) is 0 Å². The molecule has 0 aliphatic rings. The first kappa shape index (κ1) is 17.5. The second-order valence-electron chi connectivity index (χ2n) is 6.02. The van der Waals surface area contributed by atoms with Crippen LogP contribution in [0.25, 0.3) is 0 Å². The maximum atomic E-state index is 12.1. The average molecular weight is 333 g/mol. The highest BCUT2D eigenvalue weighted by Crippen LogP contribution is 2.24. The zero-order valence-corrected chi connectivity index (χ0v) is 14.5. The summed E-state index contributed by atoms with van der Waals surface area (Å²) in [6.45, 7) is 5.82. The van der Waals surface area contributed by atoms with E-state index in [0.717, 1.165) is 16.2 Å². The topological polar surface area (TPSA) is 58.6 Å². The minimum absolute atomic E-state index is 0.0972. The van der Waals surface area contributed by atoms with Gasteiger partial charge in [0.05, 0.1) is 19.1 Å². The Hall–Kier alpha value is -1.85. The maximum absolute atomic E-state index is 12.1. The van der Waals surface area contributed by atoms with Crippen molar-refractivity contribution in [1.82, 2.24) is 5.32 Å². The van der Waals surface area contributed by atoms with Gasteiger partial charge in [-0.05, 0) is 49.9 Å². The highest BCUT2D eigenvalue weighted by molar-refractivity contribution is 7.10. The summed E-state index contributed by atoms with van der Waals surface area (Å²) in [6.07, 6.45) is 0.357. The molecule has 1 amide bonds. The van der Waals surface area contributed by atoms with Gasteiger partial charge in [0, 0.05) is 4.88 Å². The lowest BCUT2D eigenvalue weighted by Crippen LogP contribution is -2.38. The lowest BCUT2D eigenvalue weighted by atomic mass is 10.0. The summed E-state index contributed by atoms with van der Waals surface area (Å²) in [5, 5.41) is 15.1. The lowest BCUT2D eigenvalue weighted by Gasteiger charge is -2.22. The highest BCUT2D eigenvalue weighted by Gasteiger charge is 2.24. The number of hydrogen-bond acceptors (Lipinski definition) is 4. The van der Waals surface area contributed by atoms with Gasteiger partial charge in [0.2, 0.25) is 5.91 Å². The van der Waals surface area contributed by atoms with Gasteiger partial charge in [0.15, 0.2) is 0 Å². The number of carbonyl (C=O) groups is 1. The number of nitrogens with one attached hydrogen (secondary N) is 1. The molecule has 2 aromatic rings. The van der Waals surface area contributed by atoms with Crippen LogP contribution in [0.4, 0.5) is 0 Å². The summed E-state index contributed by atoms with van der Waals surface area (Å²) < 4.78 is 5.63. The highest BCUT2D eigenvalue weighted by atomic mass is 32.1. The van der Waals surface area contributed by atoms with E-state index >= 15 is 0 Å². The van der Waals surface area contributed by atoms with Crippen LogP contribution in [0.5, 0.6) is 5.75 Å². The van der Waals surface area contributed by atoms with Crippen LogP contribution >= 0.6 is 11.3 Å². The number of thiophene rings is 1. The number of amides is 1. The molecule has 0 fully saturated rings.